The van der Waals surface area contributed by atoms with Gasteiger partial charge in [-0.1, -0.05) is 112 Å². The molecular formula is C46H60N4O9Si. The lowest BCUT2D eigenvalue weighted by molar-refractivity contribution is -0.0553. The summed E-state index contributed by atoms with van der Waals surface area (Å²) in [5.41, 5.74) is -0.282. The molecule has 0 spiro atoms. The van der Waals surface area contributed by atoms with Crippen LogP contribution < -0.4 is 21.6 Å². The Labute approximate surface area is 353 Å². The minimum absolute atomic E-state index is 0.0314. The number of H-pyrrole nitrogens is 1. The number of nitrogens with zero attached hydrogens (tertiary/aromatic N) is 3. The Morgan fingerprint density at radius 1 is 0.900 bits per heavy atom. The van der Waals surface area contributed by atoms with Gasteiger partial charge in [0.15, 0.2) is 0 Å². The maximum Gasteiger partial charge on any atom is 0.508 e. The van der Waals surface area contributed by atoms with Crippen molar-refractivity contribution in [3.63, 3.8) is 0 Å². The van der Waals surface area contributed by atoms with E-state index in [-0.39, 0.29) is 36.8 Å². The van der Waals surface area contributed by atoms with Crippen molar-refractivity contribution >= 4 is 30.9 Å². The van der Waals surface area contributed by atoms with E-state index in [1.54, 1.807) is 11.8 Å². The molecule has 0 unspecified atom stereocenters. The molecule has 0 saturated carbocycles. The summed E-state index contributed by atoms with van der Waals surface area (Å²) in [4.78, 5) is 58.3. The SMILES string of the molecule is Cc1cn([C@H]2C[C@H](OC(=O)OCCN(Cc3ccccc3)C[C@@H]3CCCN3C(=O)OC(C)(C)C)[C@@H](CO[Si](c3ccccc3)(c3ccccc3)C(C)(C)C)O2)c(=O)[nH]c1=O. The van der Waals surface area contributed by atoms with E-state index in [9.17, 15) is 19.2 Å². The summed E-state index contributed by atoms with van der Waals surface area (Å²) in [6.45, 7) is 16.0. The van der Waals surface area contributed by atoms with Crippen LogP contribution >= 0.6 is 0 Å². The number of aromatic amines is 1. The van der Waals surface area contributed by atoms with E-state index in [4.69, 9.17) is 23.4 Å². The second-order valence-electron chi connectivity index (χ2n) is 17.8. The maximum atomic E-state index is 13.6. The topological polar surface area (TPSA) is 142 Å². The second kappa shape index (κ2) is 19.1. The first-order chi connectivity index (χ1) is 28.5. The lowest BCUT2D eigenvalue weighted by Gasteiger charge is -2.43. The van der Waals surface area contributed by atoms with Crippen molar-refractivity contribution in [3.05, 3.63) is 129 Å². The number of aromatic nitrogens is 2. The van der Waals surface area contributed by atoms with Gasteiger partial charge in [0.1, 0.15) is 30.6 Å². The van der Waals surface area contributed by atoms with Crippen molar-refractivity contribution in [1.29, 1.82) is 0 Å². The first kappa shape index (κ1) is 44.5. The number of carbonyl (C=O) groups excluding carboxylic acids is 2. The molecular weight excluding hydrogens is 781 g/mol. The monoisotopic (exact) mass is 840 g/mol. The second-order valence-corrected chi connectivity index (χ2v) is 22.1. The molecule has 3 heterocycles. The smallest absolute Gasteiger partial charge is 0.444 e. The van der Waals surface area contributed by atoms with Crippen LogP contribution in [0.2, 0.25) is 5.04 Å². The summed E-state index contributed by atoms with van der Waals surface area (Å²) in [5, 5.41) is 1.83. The van der Waals surface area contributed by atoms with E-state index in [0.29, 0.717) is 31.7 Å². The first-order valence-electron chi connectivity index (χ1n) is 20.9. The van der Waals surface area contributed by atoms with Crippen molar-refractivity contribution in [1.82, 2.24) is 19.4 Å². The molecule has 1 amide bonds. The number of likely N-dealkylation sites (tertiary alicyclic amines) is 1. The van der Waals surface area contributed by atoms with Crippen LogP contribution in [-0.4, -0.2) is 96.6 Å². The Hall–Kier alpha value is -5.02. The van der Waals surface area contributed by atoms with Gasteiger partial charge < -0.3 is 28.3 Å². The third-order valence-corrected chi connectivity index (χ3v) is 16.1. The molecule has 3 aromatic carbocycles. The van der Waals surface area contributed by atoms with Gasteiger partial charge in [0.2, 0.25) is 0 Å². The van der Waals surface area contributed by atoms with Gasteiger partial charge in [-0.2, -0.15) is 0 Å². The van der Waals surface area contributed by atoms with Gasteiger partial charge in [-0.05, 0) is 61.5 Å². The maximum absolute atomic E-state index is 13.6. The molecule has 60 heavy (non-hydrogen) atoms. The molecule has 4 aromatic rings. The quantitative estimate of drug-likeness (QED) is 0.116. The van der Waals surface area contributed by atoms with Crippen LogP contribution in [0.3, 0.4) is 0 Å². The molecule has 2 fully saturated rings. The zero-order chi connectivity index (χ0) is 43.1. The number of benzene rings is 3. The van der Waals surface area contributed by atoms with Gasteiger partial charge in [-0.15, -0.1) is 0 Å². The molecule has 322 valence electrons. The van der Waals surface area contributed by atoms with Crippen molar-refractivity contribution in [2.24, 2.45) is 0 Å². The van der Waals surface area contributed by atoms with Crippen LogP contribution in [0.15, 0.2) is 107 Å². The number of amides is 1. The molecule has 0 bridgehead atoms. The number of ether oxygens (including phenoxy) is 4. The highest BCUT2D eigenvalue weighted by atomic mass is 28.4. The Bertz CT molecular complexity index is 2110. The summed E-state index contributed by atoms with van der Waals surface area (Å²) < 4.78 is 32.5. The predicted molar refractivity (Wildman–Crippen MR) is 232 cm³/mol. The molecule has 4 atom stereocenters. The van der Waals surface area contributed by atoms with E-state index in [1.165, 1.54) is 10.8 Å². The van der Waals surface area contributed by atoms with Crippen molar-refractivity contribution in [3.8, 4) is 0 Å². The van der Waals surface area contributed by atoms with Crippen LogP contribution in [-0.2, 0) is 29.9 Å². The van der Waals surface area contributed by atoms with Crippen LogP contribution in [0.25, 0.3) is 0 Å². The summed E-state index contributed by atoms with van der Waals surface area (Å²) in [7, 11) is -3.03. The fraction of sp³-hybridized carbons (Fsp3) is 0.478. The van der Waals surface area contributed by atoms with Gasteiger partial charge in [0.05, 0.1) is 6.61 Å². The third-order valence-electron chi connectivity index (χ3n) is 11.1. The van der Waals surface area contributed by atoms with Crippen LogP contribution in [0, 0.1) is 6.92 Å². The first-order valence-corrected chi connectivity index (χ1v) is 22.8. The van der Waals surface area contributed by atoms with E-state index in [1.807, 2.05) is 87.5 Å². The molecule has 0 radical (unpaired) electrons. The van der Waals surface area contributed by atoms with E-state index in [0.717, 1.165) is 28.8 Å². The number of aryl methyl sites for hydroxylation is 1. The largest absolute Gasteiger partial charge is 0.508 e. The summed E-state index contributed by atoms with van der Waals surface area (Å²) in [5.74, 6) is 0. The standard InChI is InChI=1S/C46H60N4O9Si/c1-33-29-50(42(52)47-41(33)51)40-28-38(39(57-40)32-56-60(46(5,6)7,36-21-13-9-14-22-36)37-23-15-10-16-24-37)58-44(54)55-27-26-48(30-34-18-11-8-12-19-34)31-35-20-17-25-49(35)43(53)59-45(2,3)4/h8-16,18-19,21-24,29,35,38-40H,17,20,25-28,30-32H2,1-7H3,(H,47,51,52)/t35-,38-,39+,40+/m0/s1. The van der Waals surface area contributed by atoms with Crippen molar-refractivity contribution in [2.45, 2.75) is 109 Å². The summed E-state index contributed by atoms with van der Waals surface area (Å²) in [6.07, 6.45) is -0.373. The van der Waals surface area contributed by atoms with Crippen LogP contribution in [0.4, 0.5) is 9.59 Å². The minimum atomic E-state index is -3.03. The Kier molecular flexibility index (Phi) is 14.2. The van der Waals surface area contributed by atoms with Crippen molar-refractivity contribution in [2.75, 3.05) is 32.8 Å². The van der Waals surface area contributed by atoms with Gasteiger partial charge in [0.25, 0.3) is 13.9 Å². The molecule has 1 aromatic heterocycles. The molecule has 6 rings (SSSR count). The average Bonchev–Trinajstić information content (AvgIpc) is 3.83. The number of carbonyl (C=O) groups is 2. The molecule has 2 aliphatic heterocycles. The molecule has 0 aliphatic carbocycles. The number of rotatable bonds is 14. The fourth-order valence-corrected chi connectivity index (χ4v) is 12.9. The van der Waals surface area contributed by atoms with E-state index >= 15 is 0 Å². The lowest BCUT2D eigenvalue weighted by Crippen LogP contribution is -2.67. The highest BCUT2D eigenvalue weighted by Crippen LogP contribution is 2.38. The average molecular weight is 841 g/mol. The third kappa shape index (κ3) is 10.8. The molecule has 14 heteroatoms. The Morgan fingerprint density at radius 3 is 2.12 bits per heavy atom. The zero-order valence-corrected chi connectivity index (χ0v) is 36.9. The zero-order valence-electron chi connectivity index (χ0n) is 35.9. The van der Waals surface area contributed by atoms with E-state index < -0.39 is 49.8 Å². The Morgan fingerprint density at radius 2 is 1.52 bits per heavy atom. The highest BCUT2D eigenvalue weighted by molar-refractivity contribution is 6.99. The fourth-order valence-electron chi connectivity index (χ4n) is 8.29. The summed E-state index contributed by atoms with van der Waals surface area (Å²) >= 11 is 0. The molecule has 1 N–H and O–H groups in total. The summed E-state index contributed by atoms with van der Waals surface area (Å²) in [6, 6.07) is 30.4. The van der Waals surface area contributed by atoms with Gasteiger partial charge in [0, 0.05) is 50.4 Å². The van der Waals surface area contributed by atoms with Crippen molar-refractivity contribution < 1.29 is 33.0 Å². The number of hydrogen-bond acceptors (Lipinski definition) is 10. The predicted octanol–water partition coefficient (Wildman–Crippen LogP) is 6.13. The van der Waals surface area contributed by atoms with E-state index in [2.05, 4.69) is 54.9 Å². The van der Waals surface area contributed by atoms with Gasteiger partial charge in [-0.3, -0.25) is 19.2 Å². The van der Waals surface area contributed by atoms with Crippen LogP contribution in [0.5, 0.6) is 0 Å². The van der Waals surface area contributed by atoms with Gasteiger partial charge in [-0.25, -0.2) is 14.4 Å². The normalized spacial score (nSPS) is 19.7. The van der Waals surface area contributed by atoms with Crippen LogP contribution in [0.1, 0.15) is 78.2 Å². The number of hydrogen-bond donors (Lipinski definition) is 1. The number of nitrogens with one attached hydrogen (secondary N) is 1. The molecule has 2 saturated heterocycles. The molecule has 2 aliphatic rings. The highest BCUT2D eigenvalue weighted by Gasteiger charge is 2.52. The Balaban J connectivity index is 1.19. The minimum Gasteiger partial charge on any atom is -0.444 e. The lowest BCUT2D eigenvalue weighted by atomic mass is 10.1. The van der Waals surface area contributed by atoms with Gasteiger partial charge >= 0.3 is 17.9 Å². The molecule has 13 nitrogen and oxygen atoms in total.